The van der Waals surface area contributed by atoms with Gasteiger partial charge in [0.05, 0.1) is 5.56 Å². The number of halogens is 1. The summed E-state index contributed by atoms with van der Waals surface area (Å²) in [6, 6.07) is 9.85. The first-order chi connectivity index (χ1) is 9.47. The van der Waals surface area contributed by atoms with Crippen LogP contribution in [-0.2, 0) is 0 Å². The van der Waals surface area contributed by atoms with Crippen molar-refractivity contribution in [1.29, 1.82) is 0 Å². The molecule has 0 aliphatic heterocycles. The van der Waals surface area contributed by atoms with Gasteiger partial charge in [-0.15, -0.1) is 0 Å². The highest BCUT2D eigenvalue weighted by atomic mass is 32.1. The van der Waals surface area contributed by atoms with Gasteiger partial charge in [0.1, 0.15) is 16.6 Å². The molecule has 2 aromatic carbocycles. The topological polar surface area (TPSA) is 75.3 Å². The van der Waals surface area contributed by atoms with E-state index >= 15 is 0 Å². The number of amides is 1. The second-order valence-corrected chi connectivity index (χ2v) is 4.50. The molecule has 4 N–H and O–H groups in total. The zero-order valence-electron chi connectivity index (χ0n) is 10.3. The third-order valence-electron chi connectivity index (χ3n) is 2.61. The predicted molar refractivity (Wildman–Crippen MR) is 78.3 cm³/mol. The average molecular weight is 290 g/mol. The number of nitrogens with two attached hydrogens (primary N) is 1. The van der Waals surface area contributed by atoms with E-state index in [4.69, 9.17) is 18.0 Å². The minimum Gasteiger partial charge on any atom is -0.507 e. The highest BCUT2D eigenvalue weighted by Crippen LogP contribution is 2.20. The third-order valence-corrected chi connectivity index (χ3v) is 2.85. The Morgan fingerprint density at radius 2 is 2.00 bits per heavy atom. The molecule has 0 unspecified atom stereocenters. The summed E-state index contributed by atoms with van der Waals surface area (Å²) in [7, 11) is 0. The Morgan fingerprint density at radius 3 is 2.65 bits per heavy atom. The number of benzene rings is 2. The third kappa shape index (κ3) is 3.10. The van der Waals surface area contributed by atoms with Crippen LogP contribution in [0.15, 0.2) is 42.5 Å². The van der Waals surface area contributed by atoms with Crippen molar-refractivity contribution in [3.8, 4) is 5.75 Å². The maximum atomic E-state index is 12.9. The Bertz CT molecular complexity index is 689. The van der Waals surface area contributed by atoms with Gasteiger partial charge >= 0.3 is 0 Å². The van der Waals surface area contributed by atoms with Crippen LogP contribution in [0.2, 0.25) is 0 Å². The molecule has 0 heterocycles. The van der Waals surface area contributed by atoms with Crippen LogP contribution in [0.3, 0.4) is 0 Å². The van der Waals surface area contributed by atoms with Crippen LogP contribution in [0.1, 0.15) is 15.9 Å². The molecule has 0 aliphatic rings. The summed E-state index contributed by atoms with van der Waals surface area (Å²) >= 11 is 4.85. The van der Waals surface area contributed by atoms with Crippen molar-refractivity contribution in [1.82, 2.24) is 0 Å². The standard InChI is InChI=1S/C14H11FN2O2S/c15-9-4-5-11(12(18)7-9)14(19)17-10-3-1-2-8(6-10)13(16)20/h1-7,18H,(H2,16,20)(H,17,19). The normalized spacial score (nSPS) is 10.1. The van der Waals surface area contributed by atoms with Gasteiger partial charge in [0.15, 0.2) is 0 Å². The minimum absolute atomic E-state index is 0.0212. The monoisotopic (exact) mass is 290 g/mol. The van der Waals surface area contributed by atoms with Crippen molar-refractivity contribution >= 4 is 28.8 Å². The molecule has 0 atom stereocenters. The lowest BCUT2D eigenvalue weighted by Gasteiger charge is -2.08. The molecule has 1 amide bonds. The number of phenols is 1. The largest absolute Gasteiger partial charge is 0.507 e. The lowest BCUT2D eigenvalue weighted by molar-refractivity contribution is 0.102. The second-order valence-electron chi connectivity index (χ2n) is 4.06. The van der Waals surface area contributed by atoms with Gasteiger partial charge in [0.25, 0.3) is 5.91 Å². The number of hydrogen-bond acceptors (Lipinski definition) is 3. The predicted octanol–water partition coefficient (Wildman–Crippen LogP) is 2.42. The molecular weight excluding hydrogens is 279 g/mol. The number of rotatable bonds is 3. The number of thiocarbonyl (C=S) groups is 1. The molecule has 102 valence electrons. The first-order valence-corrected chi connectivity index (χ1v) is 6.08. The van der Waals surface area contributed by atoms with Crippen molar-refractivity contribution in [3.05, 3.63) is 59.4 Å². The summed E-state index contributed by atoms with van der Waals surface area (Å²) in [4.78, 5) is 12.2. The first kappa shape index (κ1) is 14.0. The number of anilines is 1. The van der Waals surface area contributed by atoms with E-state index in [1.165, 1.54) is 6.07 Å². The number of hydrogen-bond donors (Lipinski definition) is 3. The Morgan fingerprint density at radius 1 is 1.25 bits per heavy atom. The van der Waals surface area contributed by atoms with Gasteiger partial charge in [0, 0.05) is 17.3 Å². The number of carbonyl (C=O) groups excluding carboxylic acids is 1. The van der Waals surface area contributed by atoms with Crippen molar-refractivity contribution in [2.45, 2.75) is 0 Å². The molecule has 0 aromatic heterocycles. The van der Waals surface area contributed by atoms with Gasteiger partial charge in [-0.05, 0) is 24.3 Å². The van der Waals surface area contributed by atoms with Gasteiger partial charge in [-0.2, -0.15) is 0 Å². The zero-order chi connectivity index (χ0) is 14.7. The van der Waals surface area contributed by atoms with Crippen molar-refractivity contribution in [2.75, 3.05) is 5.32 Å². The molecule has 2 rings (SSSR count). The van der Waals surface area contributed by atoms with Crippen molar-refractivity contribution < 1.29 is 14.3 Å². The van der Waals surface area contributed by atoms with E-state index in [2.05, 4.69) is 5.32 Å². The molecule has 2 aromatic rings. The summed E-state index contributed by atoms with van der Waals surface area (Å²) < 4.78 is 12.9. The SMILES string of the molecule is NC(=S)c1cccc(NC(=O)c2ccc(F)cc2O)c1. The summed E-state index contributed by atoms with van der Waals surface area (Å²) in [6.45, 7) is 0. The van der Waals surface area contributed by atoms with E-state index in [1.54, 1.807) is 24.3 Å². The molecule has 4 nitrogen and oxygen atoms in total. The molecule has 0 spiro atoms. The molecule has 0 aliphatic carbocycles. The van der Waals surface area contributed by atoms with E-state index in [0.29, 0.717) is 11.3 Å². The van der Waals surface area contributed by atoms with Crippen LogP contribution in [0.4, 0.5) is 10.1 Å². The van der Waals surface area contributed by atoms with Crippen LogP contribution in [0.25, 0.3) is 0 Å². The Kier molecular flexibility index (Phi) is 3.95. The molecule has 20 heavy (non-hydrogen) atoms. The minimum atomic E-state index is -0.616. The lowest BCUT2D eigenvalue weighted by Crippen LogP contribution is -2.14. The Hall–Kier alpha value is -2.47. The summed E-state index contributed by atoms with van der Waals surface area (Å²) in [5.41, 5.74) is 6.57. The van der Waals surface area contributed by atoms with E-state index in [0.717, 1.165) is 12.1 Å². The fourth-order valence-electron chi connectivity index (χ4n) is 1.65. The van der Waals surface area contributed by atoms with E-state index < -0.39 is 17.5 Å². The molecular formula is C14H11FN2O2S. The molecule has 0 saturated carbocycles. The molecule has 0 saturated heterocycles. The van der Waals surface area contributed by atoms with E-state index in [-0.39, 0.29) is 10.6 Å². The van der Waals surface area contributed by atoms with Crippen LogP contribution in [-0.4, -0.2) is 16.0 Å². The number of phenolic OH excluding ortho intramolecular Hbond substituents is 1. The number of aromatic hydroxyl groups is 1. The summed E-state index contributed by atoms with van der Waals surface area (Å²) in [5, 5.41) is 12.1. The molecule has 0 fully saturated rings. The highest BCUT2D eigenvalue weighted by molar-refractivity contribution is 7.80. The molecule has 0 radical (unpaired) electrons. The van der Waals surface area contributed by atoms with E-state index in [9.17, 15) is 14.3 Å². The second kappa shape index (κ2) is 5.66. The fraction of sp³-hybridized carbons (Fsp3) is 0. The first-order valence-electron chi connectivity index (χ1n) is 5.67. The number of carbonyl (C=O) groups is 1. The smallest absolute Gasteiger partial charge is 0.259 e. The van der Waals surface area contributed by atoms with Crippen LogP contribution >= 0.6 is 12.2 Å². The van der Waals surface area contributed by atoms with Crippen LogP contribution in [0.5, 0.6) is 5.75 Å². The molecule has 0 bridgehead atoms. The summed E-state index contributed by atoms with van der Waals surface area (Å²) in [6.07, 6.45) is 0. The Balaban J connectivity index is 2.23. The average Bonchev–Trinajstić information content (AvgIpc) is 2.38. The van der Waals surface area contributed by atoms with Gasteiger partial charge < -0.3 is 16.2 Å². The van der Waals surface area contributed by atoms with Crippen molar-refractivity contribution in [2.24, 2.45) is 5.73 Å². The number of nitrogens with one attached hydrogen (secondary N) is 1. The quantitative estimate of drug-likeness (QED) is 0.759. The van der Waals surface area contributed by atoms with Gasteiger partial charge in [-0.3, -0.25) is 4.79 Å². The maximum absolute atomic E-state index is 12.9. The van der Waals surface area contributed by atoms with Gasteiger partial charge in [-0.1, -0.05) is 24.4 Å². The highest BCUT2D eigenvalue weighted by Gasteiger charge is 2.12. The molecule has 6 heteroatoms. The van der Waals surface area contributed by atoms with Gasteiger partial charge in [0.2, 0.25) is 0 Å². The van der Waals surface area contributed by atoms with Crippen LogP contribution < -0.4 is 11.1 Å². The van der Waals surface area contributed by atoms with E-state index in [1.807, 2.05) is 0 Å². The van der Waals surface area contributed by atoms with Crippen LogP contribution in [0, 0.1) is 5.82 Å². The van der Waals surface area contributed by atoms with Crippen molar-refractivity contribution in [3.63, 3.8) is 0 Å². The zero-order valence-corrected chi connectivity index (χ0v) is 11.1. The Labute approximate surface area is 120 Å². The van der Waals surface area contributed by atoms with Gasteiger partial charge in [-0.25, -0.2) is 4.39 Å². The summed E-state index contributed by atoms with van der Waals surface area (Å²) in [5.74, 6) is -1.59. The fourth-order valence-corrected chi connectivity index (χ4v) is 1.77. The lowest BCUT2D eigenvalue weighted by atomic mass is 10.1. The maximum Gasteiger partial charge on any atom is 0.259 e.